The summed E-state index contributed by atoms with van der Waals surface area (Å²) in [6.07, 6.45) is 0. The summed E-state index contributed by atoms with van der Waals surface area (Å²) >= 11 is 0. The number of aromatic nitrogens is 1. The fraction of sp³-hybridized carbons (Fsp3) is 0.0909. The molecule has 0 aliphatic carbocycles. The van der Waals surface area contributed by atoms with Crippen molar-refractivity contribution >= 4 is 25.2 Å². The van der Waals surface area contributed by atoms with Crippen LogP contribution in [0.1, 0.15) is 16.1 Å². The van der Waals surface area contributed by atoms with Crippen molar-refractivity contribution in [3.8, 4) is 0 Å². The van der Waals surface area contributed by atoms with Gasteiger partial charge >= 0.3 is 5.66 Å². The summed E-state index contributed by atoms with van der Waals surface area (Å²) in [7, 11) is -3.45. The molecule has 0 saturated carbocycles. The van der Waals surface area contributed by atoms with E-state index in [9.17, 15) is 13.6 Å². The molecule has 1 aromatic carbocycles. The minimum Gasteiger partial charge on any atom is -0.364 e. The van der Waals surface area contributed by atoms with E-state index in [-0.39, 0.29) is 11.2 Å². The monoisotopic (exact) mass is 286 g/mol. The fourth-order valence-corrected chi connectivity index (χ4v) is 1.93. The number of nitrogens with zero attached hydrogens (tertiary/aromatic N) is 1. The van der Waals surface area contributed by atoms with Crippen LogP contribution in [0.5, 0.6) is 0 Å². The van der Waals surface area contributed by atoms with Gasteiger partial charge in [0.1, 0.15) is 5.69 Å². The van der Waals surface area contributed by atoms with Gasteiger partial charge in [-0.2, -0.15) is 8.78 Å². The van der Waals surface area contributed by atoms with Crippen molar-refractivity contribution < 1.29 is 23.4 Å². The molecule has 4 N–H and O–H groups in total. The molecule has 0 aliphatic rings. The van der Waals surface area contributed by atoms with Gasteiger partial charge in [0.05, 0.1) is 5.52 Å². The number of carbonyl (C=O) groups excluding carboxylic acids is 1. The lowest BCUT2D eigenvalue weighted by molar-refractivity contribution is 0.0734. The van der Waals surface area contributed by atoms with Crippen molar-refractivity contribution in [3.63, 3.8) is 0 Å². The van der Waals surface area contributed by atoms with Crippen LogP contribution >= 0.6 is 8.38 Å². The average Bonchev–Trinajstić information content (AvgIpc) is 2.37. The summed E-state index contributed by atoms with van der Waals surface area (Å²) in [4.78, 5) is 32.3. The molecule has 0 saturated heterocycles. The third-order valence-electron chi connectivity index (χ3n) is 2.54. The van der Waals surface area contributed by atoms with Gasteiger partial charge in [-0.3, -0.25) is 4.79 Å². The molecule has 1 amide bonds. The van der Waals surface area contributed by atoms with E-state index < -0.39 is 25.5 Å². The lowest BCUT2D eigenvalue weighted by Gasteiger charge is -2.17. The van der Waals surface area contributed by atoms with Gasteiger partial charge in [-0.05, 0) is 12.1 Å². The second-order valence-electron chi connectivity index (χ2n) is 3.80. The van der Waals surface area contributed by atoms with E-state index in [4.69, 9.17) is 15.5 Å². The number of carbonyl (C=O) groups is 1. The van der Waals surface area contributed by atoms with Crippen LogP contribution in [-0.2, 0) is 5.66 Å². The Bertz CT molecular complexity index is 649. The van der Waals surface area contributed by atoms with E-state index in [1.165, 1.54) is 18.2 Å². The first kappa shape index (κ1) is 13.7. The minimum absolute atomic E-state index is 0.0526. The van der Waals surface area contributed by atoms with Crippen molar-refractivity contribution in [3.05, 3.63) is 41.6 Å². The summed E-state index contributed by atoms with van der Waals surface area (Å²) in [5.74, 6) is -0.773. The molecule has 0 radical (unpaired) electrons. The molecular weight excluding hydrogens is 277 g/mol. The molecule has 19 heavy (non-hydrogen) atoms. The zero-order chi connectivity index (χ0) is 14.2. The molecule has 0 spiro atoms. The van der Waals surface area contributed by atoms with E-state index in [2.05, 4.69) is 4.98 Å². The van der Waals surface area contributed by atoms with Crippen LogP contribution in [0.4, 0.5) is 8.78 Å². The molecule has 0 unspecified atom stereocenters. The van der Waals surface area contributed by atoms with Gasteiger partial charge in [0.2, 0.25) is 8.38 Å². The van der Waals surface area contributed by atoms with Crippen LogP contribution in [0, 0.1) is 0 Å². The largest absolute Gasteiger partial charge is 0.364 e. The Hall–Kier alpha value is -1.69. The average molecular weight is 286 g/mol. The normalized spacial score (nSPS) is 12.1. The van der Waals surface area contributed by atoms with Gasteiger partial charge in [0.15, 0.2) is 0 Å². The zero-order valence-corrected chi connectivity index (χ0v) is 10.3. The Morgan fingerprint density at radius 2 is 1.89 bits per heavy atom. The first-order chi connectivity index (χ1) is 8.82. The first-order valence-corrected chi connectivity index (χ1v) is 6.34. The third kappa shape index (κ3) is 2.53. The number of benzene rings is 1. The lowest BCUT2D eigenvalue weighted by atomic mass is 10.1. The van der Waals surface area contributed by atoms with Crippen molar-refractivity contribution in [2.45, 2.75) is 5.66 Å². The van der Waals surface area contributed by atoms with Gasteiger partial charge in [-0.15, -0.1) is 0 Å². The van der Waals surface area contributed by atoms with E-state index in [0.717, 1.165) is 12.1 Å². The van der Waals surface area contributed by atoms with Crippen LogP contribution in [0.2, 0.25) is 0 Å². The molecule has 0 aliphatic heterocycles. The minimum atomic E-state index is -3.76. The maximum Gasteiger partial charge on any atom is 0.339 e. The van der Waals surface area contributed by atoms with Crippen LogP contribution in [0.15, 0.2) is 30.3 Å². The molecule has 5 nitrogen and oxygen atoms in total. The van der Waals surface area contributed by atoms with Crippen molar-refractivity contribution in [2.75, 3.05) is 0 Å². The number of nitrogens with two attached hydrogens (primary N) is 1. The van der Waals surface area contributed by atoms with Crippen molar-refractivity contribution in [2.24, 2.45) is 5.73 Å². The topological polar surface area (TPSA) is 96.4 Å². The summed E-state index contributed by atoms with van der Waals surface area (Å²) in [5.41, 5.74) is 0.793. The predicted molar refractivity (Wildman–Crippen MR) is 65.5 cm³/mol. The number of fused-ring (bicyclic) bond motifs is 1. The van der Waals surface area contributed by atoms with E-state index in [0.29, 0.717) is 5.39 Å². The fourth-order valence-electron chi connectivity index (χ4n) is 1.56. The Labute approximate surface area is 107 Å². The number of halogens is 2. The summed E-state index contributed by atoms with van der Waals surface area (Å²) in [5, 5.41) is 0.532. The standard InChI is InChI=1S/C11H9F2N2O3P/c12-11(13,19(17)18)7-3-1-6-2-4-8(10(14)16)15-9(6)5-7/h1-5,17-18H,(H2,14,16). The van der Waals surface area contributed by atoms with Gasteiger partial charge in [0.25, 0.3) is 5.91 Å². The molecule has 100 valence electrons. The van der Waals surface area contributed by atoms with Crippen LogP contribution in [0.25, 0.3) is 10.9 Å². The van der Waals surface area contributed by atoms with Gasteiger partial charge in [-0.25, -0.2) is 4.98 Å². The van der Waals surface area contributed by atoms with Gasteiger partial charge in [-0.1, -0.05) is 18.2 Å². The highest BCUT2D eigenvalue weighted by molar-refractivity contribution is 7.46. The highest BCUT2D eigenvalue weighted by Crippen LogP contribution is 2.52. The zero-order valence-electron chi connectivity index (χ0n) is 9.42. The third-order valence-corrected chi connectivity index (χ3v) is 3.30. The smallest absolute Gasteiger partial charge is 0.339 e. The van der Waals surface area contributed by atoms with E-state index in [1.807, 2.05) is 0 Å². The number of rotatable bonds is 3. The summed E-state index contributed by atoms with van der Waals surface area (Å²) in [6, 6.07) is 6.34. The Kier molecular flexibility index (Phi) is 3.45. The molecule has 1 heterocycles. The molecule has 8 heteroatoms. The van der Waals surface area contributed by atoms with Crippen molar-refractivity contribution in [1.82, 2.24) is 4.98 Å². The highest BCUT2D eigenvalue weighted by atomic mass is 31.2. The maximum absolute atomic E-state index is 13.5. The molecule has 0 fully saturated rings. The van der Waals surface area contributed by atoms with Crippen LogP contribution in [-0.4, -0.2) is 20.7 Å². The number of pyridine rings is 1. The predicted octanol–water partition coefficient (Wildman–Crippen LogP) is 1.68. The number of alkyl halides is 2. The molecule has 0 bridgehead atoms. The number of hydrogen-bond donors (Lipinski definition) is 3. The molecule has 1 aromatic heterocycles. The van der Waals surface area contributed by atoms with Gasteiger partial charge < -0.3 is 15.5 Å². The molecule has 2 rings (SSSR count). The first-order valence-electron chi connectivity index (χ1n) is 5.09. The highest BCUT2D eigenvalue weighted by Gasteiger charge is 2.41. The van der Waals surface area contributed by atoms with Crippen LogP contribution < -0.4 is 5.73 Å². The Morgan fingerprint density at radius 1 is 1.26 bits per heavy atom. The van der Waals surface area contributed by atoms with Crippen LogP contribution in [0.3, 0.4) is 0 Å². The Balaban J connectivity index is 2.58. The second kappa shape index (κ2) is 4.77. The second-order valence-corrected chi connectivity index (χ2v) is 4.94. The maximum atomic E-state index is 13.5. The van der Waals surface area contributed by atoms with Crippen molar-refractivity contribution in [1.29, 1.82) is 0 Å². The summed E-state index contributed by atoms with van der Waals surface area (Å²) < 4.78 is 27.0. The summed E-state index contributed by atoms with van der Waals surface area (Å²) in [6.45, 7) is 0. The van der Waals surface area contributed by atoms with Gasteiger partial charge in [0, 0.05) is 10.9 Å². The lowest BCUT2D eigenvalue weighted by Crippen LogP contribution is -2.13. The number of amides is 1. The quantitative estimate of drug-likeness (QED) is 0.748. The molecule has 0 atom stereocenters. The molecular formula is C11H9F2N2O3P. The molecule has 2 aromatic rings. The van der Waals surface area contributed by atoms with E-state index >= 15 is 0 Å². The number of hydrogen-bond acceptors (Lipinski definition) is 4. The Morgan fingerprint density at radius 3 is 2.47 bits per heavy atom. The number of primary amides is 1. The SMILES string of the molecule is NC(=O)c1ccc2ccc(C(F)(F)P(O)O)cc2n1. The van der Waals surface area contributed by atoms with E-state index in [1.54, 1.807) is 0 Å².